The standard InChI is InChI=1S/C16H21NO5/c1-21-10-7-8-14(22-2)13(9-10)17-15(18)11-5-3-4-6-12(11)16(19)20/h7-9,11-12H,3-6H2,1-2H3,(H,17,18)(H,19,20)/p-1. The molecule has 120 valence electrons. The molecule has 0 aromatic heterocycles. The molecular formula is C16H20NO5-. The number of benzene rings is 1. The van der Waals surface area contributed by atoms with E-state index in [2.05, 4.69) is 5.32 Å². The minimum Gasteiger partial charge on any atom is -0.550 e. The van der Waals surface area contributed by atoms with Crippen molar-refractivity contribution in [2.24, 2.45) is 11.8 Å². The number of hydrogen-bond donors (Lipinski definition) is 1. The van der Waals surface area contributed by atoms with Gasteiger partial charge in [-0.25, -0.2) is 0 Å². The van der Waals surface area contributed by atoms with Crippen molar-refractivity contribution in [3.8, 4) is 11.5 Å². The fraction of sp³-hybridized carbons (Fsp3) is 0.500. The number of amides is 1. The van der Waals surface area contributed by atoms with E-state index in [1.807, 2.05) is 0 Å². The third-order valence-corrected chi connectivity index (χ3v) is 4.07. The minimum absolute atomic E-state index is 0.319. The second kappa shape index (κ2) is 7.15. The molecule has 1 saturated carbocycles. The zero-order valence-electron chi connectivity index (χ0n) is 12.8. The van der Waals surface area contributed by atoms with E-state index in [1.54, 1.807) is 18.2 Å². The maximum atomic E-state index is 12.5. The molecule has 6 nitrogen and oxygen atoms in total. The van der Waals surface area contributed by atoms with Crippen molar-refractivity contribution in [2.45, 2.75) is 25.7 Å². The number of anilines is 1. The number of carboxylic acids is 1. The monoisotopic (exact) mass is 306 g/mol. The van der Waals surface area contributed by atoms with Gasteiger partial charge in [-0.2, -0.15) is 0 Å². The minimum atomic E-state index is -1.16. The van der Waals surface area contributed by atoms with Crippen molar-refractivity contribution in [3.63, 3.8) is 0 Å². The zero-order chi connectivity index (χ0) is 16.1. The lowest BCUT2D eigenvalue weighted by atomic mass is 9.78. The number of hydrogen-bond acceptors (Lipinski definition) is 5. The van der Waals surface area contributed by atoms with Crippen LogP contribution >= 0.6 is 0 Å². The molecule has 0 bridgehead atoms. The number of methoxy groups -OCH3 is 2. The van der Waals surface area contributed by atoms with Crippen LogP contribution in [0, 0.1) is 11.8 Å². The summed E-state index contributed by atoms with van der Waals surface area (Å²) < 4.78 is 10.3. The predicted molar refractivity (Wildman–Crippen MR) is 78.6 cm³/mol. The molecule has 1 aromatic rings. The number of aliphatic carboxylic acids is 1. The Morgan fingerprint density at radius 2 is 1.82 bits per heavy atom. The van der Waals surface area contributed by atoms with Crippen LogP contribution in [0.5, 0.6) is 11.5 Å². The van der Waals surface area contributed by atoms with Crippen LogP contribution in [0.2, 0.25) is 0 Å². The Balaban J connectivity index is 2.18. The number of carbonyl (C=O) groups excluding carboxylic acids is 2. The molecule has 2 rings (SSSR count). The summed E-state index contributed by atoms with van der Waals surface area (Å²) in [6.07, 6.45) is 2.69. The molecule has 0 saturated heterocycles. The van der Waals surface area contributed by atoms with Gasteiger partial charge in [-0.05, 0) is 25.0 Å². The average Bonchev–Trinajstić information content (AvgIpc) is 2.54. The van der Waals surface area contributed by atoms with E-state index in [1.165, 1.54) is 14.2 Å². The molecule has 1 N–H and O–H groups in total. The van der Waals surface area contributed by atoms with E-state index in [0.29, 0.717) is 30.0 Å². The summed E-state index contributed by atoms with van der Waals surface area (Å²) in [4.78, 5) is 23.7. The predicted octanol–water partition coefficient (Wildman–Crippen LogP) is 1.20. The number of nitrogens with one attached hydrogen (secondary N) is 1. The molecule has 6 heteroatoms. The van der Waals surface area contributed by atoms with Gasteiger partial charge in [0.05, 0.1) is 19.9 Å². The number of carboxylic acid groups (broad SMARTS) is 1. The highest BCUT2D eigenvalue weighted by atomic mass is 16.5. The van der Waals surface area contributed by atoms with Gasteiger partial charge >= 0.3 is 0 Å². The second-order valence-electron chi connectivity index (χ2n) is 5.37. The second-order valence-corrected chi connectivity index (χ2v) is 5.37. The molecule has 2 unspecified atom stereocenters. The third-order valence-electron chi connectivity index (χ3n) is 4.07. The Kier molecular flexibility index (Phi) is 5.25. The van der Waals surface area contributed by atoms with Gasteiger partial charge in [-0.1, -0.05) is 12.8 Å². The molecule has 2 atom stereocenters. The lowest BCUT2D eigenvalue weighted by Gasteiger charge is -2.31. The molecule has 0 radical (unpaired) electrons. The van der Waals surface area contributed by atoms with Gasteiger partial charge in [0.25, 0.3) is 0 Å². The van der Waals surface area contributed by atoms with Gasteiger partial charge in [0, 0.05) is 23.9 Å². The highest BCUT2D eigenvalue weighted by molar-refractivity contribution is 5.96. The third kappa shape index (κ3) is 3.50. The molecule has 0 spiro atoms. The first-order valence-corrected chi connectivity index (χ1v) is 7.30. The van der Waals surface area contributed by atoms with E-state index in [0.717, 1.165) is 12.8 Å². The summed E-state index contributed by atoms with van der Waals surface area (Å²) >= 11 is 0. The van der Waals surface area contributed by atoms with Crippen molar-refractivity contribution in [2.75, 3.05) is 19.5 Å². The van der Waals surface area contributed by atoms with Crippen LogP contribution in [0.3, 0.4) is 0 Å². The summed E-state index contributed by atoms with van der Waals surface area (Å²) in [5.74, 6) is -1.70. The van der Waals surface area contributed by atoms with Crippen LogP contribution in [0.4, 0.5) is 5.69 Å². The Morgan fingerprint density at radius 3 is 2.41 bits per heavy atom. The molecule has 1 fully saturated rings. The fourth-order valence-electron chi connectivity index (χ4n) is 2.86. The van der Waals surface area contributed by atoms with Crippen molar-refractivity contribution in [1.82, 2.24) is 0 Å². The van der Waals surface area contributed by atoms with Crippen LogP contribution in [-0.4, -0.2) is 26.1 Å². The summed E-state index contributed by atoms with van der Waals surface area (Å²) in [5.41, 5.74) is 0.467. The van der Waals surface area contributed by atoms with Crippen molar-refractivity contribution < 1.29 is 24.2 Å². The lowest BCUT2D eigenvalue weighted by molar-refractivity contribution is -0.313. The molecular weight excluding hydrogens is 286 g/mol. The molecule has 1 aromatic carbocycles. The Bertz CT molecular complexity index is 557. The molecule has 1 aliphatic carbocycles. The summed E-state index contributed by atoms with van der Waals surface area (Å²) in [6, 6.07) is 5.05. The molecule has 22 heavy (non-hydrogen) atoms. The SMILES string of the molecule is COc1ccc(OC)c(NC(=O)C2CCCCC2C(=O)[O-])c1. The molecule has 0 aliphatic heterocycles. The van der Waals surface area contributed by atoms with E-state index in [9.17, 15) is 14.7 Å². The van der Waals surface area contributed by atoms with E-state index < -0.39 is 17.8 Å². The Labute approximate surface area is 129 Å². The Morgan fingerprint density at radius 1 is 1.14 bits per heavy atom. The van der Waals surface area contributed by atoms with Crippen molar-refractivity contribution in [3.05, 3.63) is 18.2 Å². The highest BCUT2D eigenvalue weighted by Gasteiger charge is 2.32. The van der Waals surface area contributed by atoms with Gasteiger partial charge in [0.15, 0.2) is 0 Å². The van der Waals surface area contributed by atoms with Gasteiger partial charge in [0.1, 0.15) is 11.5 Å². The van der Waals surface area contributed by atoms with Crippen molar-refractivity contribution in [1.29, 1.82) is 0 Å². The largest absolute Gasteiger partial charge is 0.550 e. The summed E-state index contributed by atoms with van der Waals surface area (Å²) in [7, 11) is 3.03. The summed E-state index contributed by atoms with van der Waals surface area (Å²) in [6.45, 7) is 0. The zero-order valence-corrected chi connectivity index (χ0v) is 12.8. The number of rotatable bonds is 5. The number of carbonyl (C=O) groups is 2. The van der Waals surface area contributed by atoms with Gasteiger partial charge in [-0.3, -0.25) is 4.79 Å². The van der Waals surface area contributed by atoms with E-state index in [4.69, 9.17) is 9.47 Å². The van der Waals surface area contributed by atoms with Gasteiger partial charge < -0.3 is 24.7 Å². The van der Waals surface area contributed by atoms with Crippen LogP contribution in [-0.2, 0) is 9.59 Å². The maximum Gasteiger partial charge on any atom is 0.228 e. The number of ether oxygens (including phenoxy) is 2. The Hall–Kier alpha value is -2.24. The van der Waals surface area contributed by atoms with Gasteiger partial charge in [-0.15, -0.1) is 0 Å². The van der Waals surface area contributed by atoms with E-state index >= 15 is 0 Å². The smallest absolute Gasteiger partial charge is 0.228 e. The average molecular weight is 306 g/mol. The summed E-state index contributed by atoms with van der Waals surface area (Å²) in [5, 5.41) is 14.0. The first-order valence-electron chi connectivity index (χ1n) is 7.30. The molecule has 0 heterocycles. The topological polar surface area (TPSA) is 87.7 Å². The van der Waals surface area contributed by atoms with E-state index in [-0.39, 0.29) is 5.91 Å². The molecule has 1 aliphatic rings. The first kappa shape index (κ1) is 16.1. The van der Waals surface area contributed by atoms with Crippen LogP contribution in [0.25, 0.3) is 0 Å². The first-order chi connectivity index (χ1) is 10.6. The van der Waals surface area contributed by atoms with Crippen LogP contribution in [0.15, 0.2) is 18.2 Å². The quantitative estimate of drug-likeness (QED) is 0.883. The highest BCUT2D eigenvalue weighted by Crippen LogP contribution is 2.33. The van der Waals surface area contributed by atoms with Crippen molar-refractivity contribution >= 4 is 17.6 Å². The lowest BCUT2D eigenvalue weighted by Crippen LogP contribution is -2.42. The van der Waals surface area contributed by atoms with Crippen LogP contribution < -0.4 is 19.9 Å². The van der Waals surface area contributed by atoms with Gasteiger partial charge in [0.2, 0.25) is 5.91 Å². The molecule has 1 amide bonds. The normalized spacial score (nSPS) is 21.0. The fourth-order valence-corrected chi connectivity index (χ4v) is 2.86. The maximum absolute atomic E-state index is 12.5. The van der Waals surface area contributed by atoms with Crippen LogP contribution in [0.1, 0.15) is 25.7 Å².